The monoisotopic (exact) mass is 808 g/mol. The van der Waals surface area contributed by atoms with E-state index in [1.165, 1.54) is 30.3 Å². The average molecular weight is 809 g/mol. The summed E-state index contributed by atoms with van der Waals surface area (Å²) in [5, 5.41) is 30.6. The zero-order valence-electron chi connectivity index (χ0n) is 31.8. The van der Waals surface area contributed by atoms with Crippen LogP contribution >= 0.6 is 0 Å². The van der Waals surface area contributed by atoms with E-state index in [0.29, 0.717) is 41.4 Å². The number of nitrogens with one attached hydrogen (secondary N) is 3. The van der Waals surface area contributed by atoms with E-state index in [9.17, 15) is 31.0 Å². The predicted molar refractivity (Wildman–Crippen MR) is 218 cm³/mol. The Morgan fingerprint density at radius 2 is 1.23 bits per heavy atom. The second-order valence-corrected chi connectivity index (χ2v) is 15.7. The molecule has 300 valence electrons. The summed E-state index contributed by atoms with van der Waals surface area (Å²) in [6.45, 7) is 15.5. The number of nitrogens with zero attached hydrogens (tertiary/aromatic N) is 7. The predicted octanol–water partition coefficient (Wildman–Crippen LogP) is 6.82. The summed E-state index contributed by atoms with van der Waals surface area (Å²) >= 11 is 0. The number of aromatic hydroxyl groups is 1. The Morgan fingerprint density at radius 3 is 1.80 bits per heavy atom. The molecule has 0 aliphatic carbocycles. The van der Waals surface area contributed by atoms with Crippen LogP contribution in [0.2, 0.25) is 0 Å². The number of fused-ring (bicyclic) bond motifs is 2. The third-order valence-electron chi connectivity index (χ3n) is 9.24. The fourth-order valence-electron chi connectivity index (χ4n) is 6.07. The van der Waals surface area contributed by atoms with Crippen molar-refractivity contribution in [2.24, 2.45) is 10.2 Å². The van der Waals surface area contributed by atoms with Gasteiger partial charge in [-0.1, -0.05) is 39.8 Å². The molecule has 0 saturated carbocycles. The second-order valence-electron chi connectivity index (χ2n) is 12.9. The van der Waals surface area contributed by atoms with Crippen molar-refractivity contribution < 1.29 is 31.0 Å². The summed E-state index contributed by atoms with van der Waals surface area (Å²) in [4.78, 5) is 17.4. The van der Waals surface area contributed by atoms with E-state index in [-0.39, 0.29) is 27.3 Å². The first-order chi connectivity index (χ1) is 26.7. The van der Waals surface area contributed by atoms with Crippen molar-refractivity contribution in [2.45, 2.75) is 50.3 Å². The third-order valence-corrected chi connectivity index (χ3v) is 11.0. The molecule has 0 radical (unpaired) electrons. The van der Waals surface area contributed by atoms with Crippen molar-refractivity contribution in [3.63, 3.8) is 0 Å². The quantitative estimate of drug-likeness (QED) is 0.0269. The standard InChI is InChI=1S/C37H48N10O7S2/c1-5-46(6-2)19-9-17-38-35-41-36(39-18-10-20-47(7-3)8-4)43-37(42-35)40-28-14-16-31-27(22-28)24-32(56(52,53)54)33(34(31)48)45-44-29-13-11-25-12-15-30(55(49,50)51)23-26(25)21-29/h11-16,21-24,48H,5-10,17-20H2,1-4H3,(H,49,50,51)(H,52,53,54)(H3,38,39,40,41,42,43). The number of anilines is 4. The number of hydrogen-bond donors (Lipinski definition) is 6. The number of phenolic OH excluding ortho intramolecular Hbond substituents is 1. The Balaban J connectivity index is 1.42. The molecule has 0 aliphatic heterocycles. The van der Waals surface area contributed by atoms with Crippen LogP contribution in [-0.2, 0) is 20.2 Å². The average Bonchev–Trinajstić information content (AvgIpc) is 3.16. The Morgan fingerprint density at radius 1 is 0.643 bits per heavy atom. The Kier molecular flexibility index (Phi) is 14.1. The van der Waals surface area contributed by atoms with Gasteiger partial charge in [0.1, 0.15) is 10.6 Å². The van der Waals surface area contributed by atoms with Crippen LogP contribution in [-0.4, -0.2) is 108 Å². The van der Waals surface area contributed by atoms with Crippen LogP contribution in [0.3, 0.4) is 0 Å². The molecule has 0 bridgehead atoms. The van der Waals surface area contributed by atoms with Gasteiger partial charge in [0.15, 0.2) is 5.75 Å². The first-order valence-electron chi connectivity index (χ1n) is 18.4. The number of hydrogen-bond acceptors (Lipinski definition) is 15. The summed E-state index contributed by atoms with van der Waals surface area (Å²) in [7, 11) is -9.37. The lowest BCUT2D eigenvalue weighted by atomic mass is 10.1. The van der Waals surface area contributed by atoms with Gasteiger partial charge in [0.2, 0.25) is 17.8 Å². The summed E-state index contributed by atoms with van der Waals surface area (Å²) in [5.41, 5.74) is 0.135. The lowest BCUT2D eigenvalue weighted by molar-refractivity contribution is 0.303. The van der Waals surface area contributed by atoms with E-state index in [0.717, 1.165) is 52.1 Å². The molecule has 1 aromatic heterocycles. The lowest BCUT2D eigenvalue weighted by Gasteiger charge is -2.18. The third kappa shape index (κ3) is 11.0. The van der Waals surface area contributed by atoms with Crippen molar-refractivity contribution in [3.05, 3.63) is 60.7 Å². The molecule has 4 aromatic carbocycles. The van der Waals surface area contributed by atoms with Crippen molar-refractivity contribution in [3.8, 4) is 5.75 Å². The topological polar surface area (TPSA) is 235 Å². The number of rotatable bonds is 20. The SMILES string of the molecule is CCN(CC)CCCNc1nc(NCCCN(CC)CC)nc(Nc2ccc3c(O)c(N=Nc4ccc5ccc(S(=O)(=O)O)cc5c4)c(S(=O)(=O)O)cc3c2)n1. The molecule has 0 unspecified atom stereocenters. The van der Waals surface area contributed by atoms with Gasteiger partial charge >= 0.3 is 0 Å². The van der Waals surface area contributed by atoms with E-state index >= 15 is 0 Å². The van der Waals surface area contributed by atoms with E-state index in [1.807, 2.05) is 0 Å². The molecule has 56 heavy (non-hydrogen) atoms. The second kappa shape index (κ2) is 18.7. The van der Waals surface area contributed by atoms with E-state index < -0.39 is 36.6 Å². The zero-order chi connectivity index (χ0) is 40.5. The van der Waals surface area contributed by atoms with Gasteiger partial charge < -0.3 is 30.9 Å². The smallest absolute Gasteiger partial charge is 0.296 e. The van der Waals surface area contributed by atoms with Gasteiger partial charge in [-0.15, -0.1) is 5.11 Å². The first kappa shape index (κ1) is 42.1. The highest BCUT2D eigenvalue weighted by atomic mass is 32.2. The minimum absolute atomic E-state index is 0.179. The highest BCUT2D eigenvalue weighted by Gasteiger charge is 2.22. The molecule has 0 atom stereocenters. The van der Waals surface area contributed by atoms with Gasteiger partial charge in [-0.2, -0.15) is 36.9 Å². The largest absolute Gasteiger partial charge is 0.505 e. The molecule has 5 aromatic rings. The van der Waals surface area contributed by atoms with Gasteiger partial charge in [0, 0.05) is 24.2 Å². The molecule has 0 amide bonds. The Bertz CT molecular complexity index is 2370. The molecular formula is C37H48N10O7S2. The van der Waals surface area contributed by atoms with Gasteiger partial charge in [0.05, 0.1) is 10.6 Å². The maximum Gasteiger partial charge on any atom is 0.296 e. The van der Waals surface area contributed by atoms with Crippen LogP contribution in [0.15, 0.2) is 80.7 Å². The fourth-order valence-corrected chi connectivity index (χ4v) is 7.24. The van der Waals surface area contributed by atoms with Crippen molar-refractivity contribution >= 4 is 76.7 Å². The summed E-state index contributed by atoms with van der Waals surface area (Å²) < 4.78 is 68.0. The van der Waals surface area contributed by atoms with Gasteiger partial charge in [-0.3, -0.25) is 9.11 Å². The molecule has 0 saturated heterocycles. The highest BCUT2D eigenvalue weighted by Crippen LogP contribution is 2.42. The normalized spacial score (nSPS) is 12.4. The summed E-state index contributed by atoms with van der Waals surface area (Å²) in [5.74, 6) is 0.425. The van der Waals surface area contributed by atoms with Gasteiger partial charge in [-0.25, -0.2) is 0 Å². The fraction of sp³-hybridized carbons (Fsp3) is 0.378. The van der Waals surface area contributed by atoms with Crippen molar-refractivity contribution in [1.29, 1.82) is 0 Å². The molecule has 0 fully saturated rings. The maximum absolute atomic E-state index is 12.6. The summed E-state index contributed by atoms with van der Waals surface area (Å²) in [6.07, 6.45) is 1.77. The Hall–Kier alpha value is -5.05. The van der Waals surface area contributed by atoms with Gasteiger partial charge in [-0.05, 0) is 117 Å². The van der Waals surface area contributed by atoms with Crippen LogP contribution in [0.5, 0.6) is 5.75 Å². The zero-order valence-corrected chi connectivity index (χ0v) is 33.4. The van der Waals surface area contributed by atoms with E-state index in [4.69, 9.17) is 0 Å². The Labute approximate surface area is 326 Å². The van der Waals surface area contributed by atoms with Crippen LogP contribution < -0.4 is 16.0 Å². The number of phenols is 1. The van der Waals surface area contributed by atoms with Crippen LogP contribution in [0, 0.1) is 0 Å². The van der Waals surface area contributed by atoms with E-state index in [2.05, 4.69) is 78.6 Å². The molecule has 19 heteroatoms. The van der Waals surface area contributed by atoms with E-state index in [1.54, 1.807) is 30.3 Å². The molecular weight excluding hydrogens is 761 g/mol. The molecule has 1 heterocycles. The van der Waals surface area contributed by atoms with Gasteiger partial charge in [0.25, 0.3) is 20.2 Å². The molecule has 0 aliphatic rings. The number of azo groups is 1. The van der Waals surface area contributed by atoms with Crippen LogP contribution in [0.1, 0.15) is 40.5 Å². The van der Waals surface area contributed by atoms with Crippen molar-refractivity contribution in [1.82, 2.24) is 24.8 Å². The minimum atomic E-state index is -4.92. The molecule has 17 nitrogen and oxygen atoms in total. The van der Waals surface area contributed by atoms with Crippen LogP contribution in [0.25, 0.3) is 21.5 Å². The number of benzene rings is 4. The highest BCUT2D eigenvalue weighted by molar-refractivity contribution is 7.86. The molecule has 0 spiro atoms. The maximum atomic E-state index is 12.6. The number of aromatic nitrogens is 3. The first-order valence-corrected chi connectivity index (χ1v) is 21.3. The molecule has 6 N–H and O–H groups in total. The summed E-state index contributed by atoms with van der Waals surface area (Å²) in [6, 6.07) is 14.6. The molecule has 5 rings (SSSR count). The van der Waals surface area contributed by atoms with Crippen LogP contribution in [0.4, 0.5) is 34.9 Å². The van der Waals surface area contributed by atoms with Crippen molar-refractivity contribution in [2.75, 3.05) is 68.3 Å². The minimum Gasteiger partial charge on any atom is -0.505 e. The lowest BCUT2D eigenvalue weighted by Crippen LogP contribution is -2.26.